The third-order valence-electron chi connectivity index (χ3n) is 2.97. The summed E-state index contributed by atoms with van der Waals surface area (Å²) < 4.78 is 5.15. The van der Waals surface area contributed by atoms with Gasteiger partial charge in [-0.1, -0.05) is 19.9 Å². The predicted molar refractivity (Wildman–Crippen MR) is 68.8 cm³/mol. The number of carbonyl (C=O) groups excluding carboxylic acids is 1. The van der Waals surface area contributed by atoms with E-state index in [4.69, 9.17) is 4.74 Å². The summed E-state index contributed by atoms with van der Waals surface area (Å²) in [6.07, 6.45) is 1.89. The Labute approximate surface area is 104 Å². The molecule has 0 aliphatic carbocycles. The van der Waals surface area contributed by atoms with Crippen molar-refractivity contribution >= 4 is 5.91 Å². The Morgan fingerprint density at radius 1 is 1.53 bits per heavy atom. The van der Waals surface area contributed by atoms with Crippen LogP contribution in [-0.4, -0.2) is 50.2 Å². The van der Waals surface area contributed by atoms with Crippen LogP contribution < -0.4 is 5.32 Å². The molecular formula is C13H24N2O2. The van der Waals surface area contributed by atoms with Crippen molar-refractivity contribution in [1.29, 1.82) is 0 Å². The zero-order chi connectivity index (χ0) is 12.8. The second-order valence-corrected chi connectivity index (χ2v) is 5.02. The molecule has 0 atom stereocenters. The van der Waals surface area contributed by atoms with Gasteiger partial charge in [0, 0.05) is 18.7 Å². The molecule has 1 heterocycles. The fourth-order valence-electron chi connectivity index (χ4n) is 1.58. The SMILES string of the molecule is C/C=C(\CN(C)C1COC1)C(=O)NCC(C)C. The van der Waals surface area contributed by atoms with Gasteiger partial charge in [-0.25, -0.2) is 0 Å². The number of amides is 1. The Balaban J connectivity index is 2.39. The van der Waals surface area contributed by atoms with Gasteiger partial charge in [-0.05, 0) is 19.9 Å². The minimum absolute atomic E-state index is 0.0493. The monoisotopic (exact) mass is 240 g/mol. The van der Waals surface area contributed by atoms with Crippen LogP contribution >= 0.6 is 0 Å². The minimum atomic E-state index is 0.0493. The summed E-state index contributed by atoms with van der Waals surface area (Å²) in [5, 5.41) is 2.95. The van der Waals surface area contributed by atoms with Crippen LogP contribution in [0.3, 0.4) is 0 Å². The molecule has 1 aliphatic heterocycles. The number of nitrogens with zero attached hydrogens (tertiary/aromatic N) is 1. The zero-order valence-corrected chi connectivity index (χ0v) is 11.3. The van der Waals surface area contributed by atoms with Crippen molar-refractivity contribution in [2.45, 2.75) is 26.8 Å². The summed E-state index contributed by atoms with van der Waals surface area (Å²) in [4.78, 5) is 14.1. The molecule has 0 aromatic carbocycles. The quantitative estimate of drug-likeness (QED) is 0.705. The highest BCUT2D eigenvalue weighted by Crippen LogP contribution is 2.10. The second-order valence-electron chi connectivity index (χ2n) is 5.02. The smallest absolute Gasteiger partial charge is 0.248 e. The highest BCUT2D eigenvalue weighted by molar-refractivity contribution is 5.93. The zero-order valence-electron chi connectivity index (χ0n) is 11.3. The Bertz CT molecular complexity index is 283. The Morgan fingerprint density at radius 2 is 2.18 bits per heavy atom. The van der Waals surface area contributed by atoms with Crippen LogP contribution in [-0.2, 0) is 9.53 Å². The van der Waals surface area contributed by atoms with Gasteiger partial charge in [-0.3, -0.25) is 9.69 Å². The lowest BCUT2D eigenvalue weighted by Crippen LogP contribution is -2.48. The normalized spacial score (nSPS) is 17.4. The van der Waals surface area contributed by atoms with Crippen molar-refractivity contribution in [2.75, 3.05) is 33.4 Å². The van der Waals surface area contributed by atoms with Crippen molar-refractivity contribution in [2.24, 2.45) is 5.92 Å². The number of hydrogen-bond donors (Lipinski definition) is 1. The number of hydrogen-bond acceptors (Lipinski definition) is 3. The van der Waals surface area contributed by atoms with Crippen molar-refractivity contribution < 1.29 is 9.53 Å². The van der Waals surface area contributed by atoms with E-state index in [1.165, 1.54) is 0 Å². The van der Waals surface area contributed by atoms with Crippen molar-refractivity contribution in [3.8, 4) is 0 Å². The molecule has 1 rings (SSSR count). The van der Waals surface area contributed by atoms with Crippen LogP contribution in [0.2, 0.25) is 0 Å². The van der Waals surface area contributed by atoms with Gasteiger partial charge >= 0.3 is 0 Å². The van der Waals surface area contributed by atoms with Gasteiger partial charge in [0.1, 0.15) is 0 Å². The maximum Gasteiger partial charge on any atom is 0.248 e. The van der Waals surface area contributed by atoms with Crippen LogP contribution in [0, 0.1) is 5.92 Å². The number of ether oxygens (including phenoxy) is 1. The van der Waals surface area contributed by atoms with Crippen LogP contribution in [0.15, 0.2) is 11.6 Å². The second kappa shape index (κ2) is 6.77. The lowest BCUT2D eigenvalue weighted by Gasteiger charge is -2.34. The highest BCUT2D eigenvalue weighted by Gasteiger charge is 2.24. The first-order valence-electron chi connectivity index (χ1n) is 6.26. The fraction of sp³-hybridized carbons (Fsp3) is 0.769. The largest absolute Gasteiger partial charge is 0.378 e. The van der Waals surface area contributed by atoms with E-state index < -0.39 is 0 Å². The van der Waals surface area contributed by atoms with Gasteiger partial charge in [-0.2, -0.15) is 0 Å². The van der Waals surface area contributed by atoms with E-state index in [9.17, 15) is 4.79 Å². The molecule has 0 unspecified atom stereocenters. The van der Waals surface area contributed by atoms with Crippen molar-refractivity contribution in [1.82, 2.24) is 10.2 Å². The first-order chi connectivity index (χ1) is 8.04. The number of likely N-dealkylation sites (N-methyl/N-ethyl adjacent to an activating group) is 1. The van der Waals surface area contributed by atoms with Crippen LogP contribution in [0.5, 0.6) is 0 Å². The van der Waals surface area contributed by atoms with E-state index in [2.05, 4.69) is 24.1 Å². The number of rotatable bonds is 6. The van der Waals surface area contributed by atoms with Crippen LogP contribution in [0.1, 0.15) is 20.8 Å². The molecule has 0 aromatic heterocycles. The summed E-state index contributed by atoms with van der Waals surface area (Å²) in [5.74, 6) is 0.531. The Kier molecular flexibility index (Phi) is 5.65. The van der Waals surface area contributed by atoms with E-state index >= 15 is 0 Å². The molecule has 98 valence electrons. The summed E-state index contributed by atoms with van der Waals surface area (Å²) in [7, 11) is 2.03. The molecule has 0 radical (unpaired) electrons. The molecule has 4 heteroatoms. The molecule has 4 nitrogen and oxygen atoms in total. The number of allylic oxidation sites excluding steroid dienone is 1. The minimum Gasteiger partial charge on any atom is -0.378 e. The molecule has 0 bridgehead atoms. The third kappa shape index (κ3) is 4.48. The van der Waals surface area contributed by atoms with E-state index in [0.29, 0.717) is 18.5 Å². The number of carbonyl (C=O) groups is 1. The molecule has 1 fully saturated rings. The standard InChI is InChI=1S/C13H24N2O2/c1-5-11(13(16)14-6-10(2)3)7-15(4)12-8-17-9-12/h5,10,12H,6-9H2,1-4H3,(H,14,16)/b11-5+. The predicted octanol–water partition coefficient (Wildman–Crippen LogP) is 1.04. The first-order valence-corrected chi connectivity index (χ1v) is 6.26. The lowest BCUT2D eigenvalue weighted by molar-refractivity contribution is -0.118. The van der Waals surface area contributed by atoms with Crippen LogP contribution in [0.4, 0.5) is 0 Å². The van der Waals surface area contributed by atoms with Gasteiger partial charge in [0.05, 0.1) is 19.3 Å². The van der Waals surface area contributed by atoms with Crippen molar-refractivity contribution in [3.05, 3.63) is 11.6 Å². The topological polar surface area (TPSA) is 41.6 Å². The Hall–Kier alpha value is -0.870. The average Bonchev–Trinajstić information content (AvgIpc) is 2.19. The fourth-order valence-corrected chi connectivity index (χ4v) is 1.58. The molecule has 1 aliphatic rings. The molecule has 0 spiro atoms. The molecule has 17 heavy (non-hydrogen) atoms. The summed E-state index contributed by atoms with van der Waals surface area (Å²) in [5.41, 5.74) is 0.833. The van der Waals surface area contributed by atoms with E-state index in [1.807, 2.05) is 20.0 Å². The van der Waals surface area contributed by atoms with E-state index in [1.54, 1.807) is 0 Å². The van der Waals surface area contributed by atoms with E-state index in [-0.39, 0.29) is 5.91 Å². The molecule has 1 amide bonds. The summed E-state index contributed by atoms with van der Waals surface area (Å²) in [6.45, 7) is 9.07. The molecule has 0 aromatic rings. The average molecular weight is 240 g/mol. The summed E-state index contributed by atoms with van der Waals surface area (Å²) >= 11 is 0. The van der Waals surface area contributed by atoms with Crippen LogP contribution in [0.25, 0.3) is 0 Å². The van der Waals surface area contributed by atoms with Gasteiger partial charge in [0.25, 0.3) is 0 Å². The van der Waals surface area contributed by atoms with E-state index in [0.717, 1.165) is 25.3 Å². The maximum absolute atomic E-state index is 11.9. The van der Waals surface area contributed by atoms with Gasteiger partial charge in [0.2, 0.25) is 5.91 Å². The number of nitrogens with one attached hydrogen (secondary N) is 1. The summed E-state index contributed by atoms with van der Waals surface area (Å²) in [6, 6.07) is 0.461. The molecule has 1 saturated heterocycles. The molecule has 1 N–H and O–H groups in total. The lowest BCUT2D eigenvalue weighted by atomic mass is 10.1. The van der Waals surface area contributed by atoms with Gasteiger partial charge < -0.3 is 10.1 Å². The maximum atomic E-state index is 11.9. The van der Waals surface area contributed by atoms with Crippen molar-refractivity contribution in [3.63, 3.8) is 0 Å². The molecular weight excluding hydrogens is 216 g/mol. The molecule has 0 saturated carbocycles. The highest BCUT2D eigenvalue weighted by atomic mass is 16.5. The first kappa shape index (κ1) is 14.2. The van der Waals surface area contributed by atoms with Gasteiger partial charge in [-0.15, -0.1) is 0 Å². The third-order valence-corrected chi connectivity index (χ3v) is 2.97. The van der Waals surface area contributed by atoms with Gasteiger partial charge in [0.15, 0.2) is 0 Å². The Morgan fingerprint density at radius 3 is 2.59 bits per heavy atom.